The molecule has 9 nitrogen and oxygen atoms in total. The standard InChI is InChI=1S/C19H23ClN4O5S/c1-28-12-13-29-19-15(4-2-9-22-19)23-18(25)14-6-10-24(11-7-14)30(26,27)16-5-3-8-21-17(16)20/h2-5,8-9,14H,6-7,10-13H2,1H3,(H,23,25). The summed E-state index contributed by atoms with van der Waals surface area (Å²) in [6.45, 7) is 1.15. The third-order valence-electron chi connectivity index (χ3n) is 4.72. The Morgan fingerprint density at radius 3 is 2.60 bits per heavy atom. The molecule has 1 aliphatic heterocycles. The molecule has 0 aromatic carbocycles. The first-order valence-electron chi connectivity index (χ1n) is 9.41. The molecule has 0 saturated carbocycles. The maximum absolute atomic E-state index is 12.8. The average Bonchev–Trinajstić information content (AvgIpc) is 2.75. The molecule has 0 spiro atoms. The number of hydrogen-bond donors (Lipinski definition) is 1. The van der Waals surface area contributed by atoms with Crippen LogP contribution < -0.4 is 10.1 Å². The van der Waals surface area contributed by atoms with E-state index in [-0.39, 0.29) is 35.0 Å². The second-order valence-corrected chi connectivity index (χ2v) is 8.92. The molecule has 2 aromatic heterocycles. The number of anilines is 1. The number of piperidine rings is 1. The molecule has 162 valence electrons. The van der Waals surface area contributed by atoms with Gasteiger partial charge in [0.05, 0.1) is 6.61 Å². The number of carbonyl (C=O) groups excluding carboxylic acids is 1. The van der Waals surface area contributed by atoms with E-state index in [0.717, 1.165) is 0 Å². The van der Waals surface area contributed by atoms with Gasteiger partial charge in [-0.05, 0) is 37.1 Å². The molecule has 0 radical (unpaired) electrons. The smallest absolute Gasteiger partial charge is 0.246 e. The van der Waals surface area contributed by atoms with Gasteiger partial charge in [-0.15, -0.1) is 0 Å². The molecular weight excluding hydrogens is 432 g/mol. The fourth-order valence-electron chi connectivity index (χ4n) is 3.12. The highest BCUT2D eigenvalue weighted by Crippen LogP contribution is 2.28. The summed E-state index contributed by atoms with van der Waals surface area (Å²) >= 11 is 5.95. The van der Waals surface area contributed by atoms with Crippen LogP contribution in [0.5, 0.6) is 5.88 Å². The van der Waals surface area contributed by atoms with Crippen LogP contribution in [0.2, 0.25) is 5.15 Å². The minimum Gasteiger partial charge on any atom is -0.474 e. The number of pyridine rings is 2. The first-order valence-corrected chi connectivity index (χ1v) is 11.2. The van der Waals surface area contributed by atoms with Crippen LogP contribution in [0.4, 0.5) is 5.69 Å². The van der Waals surface area contributed by atoms with E-state index in [1.165, 1.54) is 22.6 Å². The van der Waals surface area contributed by atoms with Gasteiger partial charge in [-0.25, -0.2) is 18.4 Å². The predicted molar refractivity (Wildman–Crippen MR) is 111 cm³/mol. The van der Waals surface area contributed by atoms with Crippen molar-refractivity contribution in [1.82, 2.24) is 14.3 Å². The van der Waals surface area contributed by atoms with Crippen molar-refractivity contribution in [3.05, 3.63) is 41.8 Å². The summed E-state index contributed by atoms with van der Waals surface area (Å²) in [4.78, 5) is 20.7. The lowest BCUT2D eigenvalue weighted by Crippen LogP contribution is -2.41. The maximum atomic E-state index is 12.8. The zero-order valence-electron chi connectivity index (χ0n) is 16.5. The minimum atomic E-state index is -3.75. The lowest BCUT2D eigenvalue weighted by Gasteiger charge is -2.30. The predicted octanol–water partition coefficient (Wildman–Crippen LogP) is 2.19. The van der Waals surface area contributed by atoms with Gasteiger partial charge in [0.2, 0.25) is 21.8 Å². The van der Waals surface area contributed by atoms with Gasteiger partial charge in [-0.1, -0.05) is 11.6 Å². The molecule has 1 aliphatic rings. The fraction of sp³-hybridized carbons (Fsp3) is 0.421. The number of aromatic nitrogens is 2. The number of ether oxygens (including phenoxy) is 2. The van der Waals surface area contributed by atoms with Crippen molar-refractivity contribution in [1.29, 1.82) is 0 Å². The largest absolute Gasteiger partial charge is 0.474 e. The second kappa shape index (κ2) is 10.2. The van der Waals surface area contributed by atoms with Crippen molar-refractivity contribution >= 4 is 33.2 Å². The summed E-state index contributed by atoms with van der Waals surface area (Å²) in [7, 11) is -2.19. The van der Waals surface area contributed by atoms with E-state index in [1.807, 2.05) is 0 Å². The lowest BCUT2D eigenvalue weighted by atomic mass is 9.97. The van der Waals surface area contributed by atoms with Crippen LogP contribution in [0, 0.1) is 5.92 Å². The van der Waals surface area contributed by atoms with Crippen molar-refractivity contribution in [3.63, 3.8) is 0 Å². The third kappa shape index (κ3) is 5.25. The molecule has 0 atom stereocenters. The highest BCUT2D eigenvalue weighted by Gasteiger charge is 2.33. The number of rotatable bonds is 8. The summed E-state index contributed by atoms with van der Waals surface area (Å²) in [6, 6.07) is 6.36. The highest BCUT2D eigenvalue weighted by atomic mass is 35.5. The van der Waals surface area contributed by atoms with Gasteiger partial charge in [0, 0.05) is 38.5 Å². The molecule has 2 aromatic rings. The Bertz CT molecular complexity index is 980. The highest BCUT2D eigenvalue weighted by molar-refractivity contribution is 7.89. The van der Waals surface area contributed by atoms with Crippen LogP contribution in [0.3, 0.4) is 0 Å². The van der Waals surface area contributed by atoms with Gasteiger partial charge in [-0.3, -0.25) is 4.79 Å². The summed E-state index contributed by atoms with van der Waals surface area (Å²) in [5, 5.41) is 2.77. The van der Waals surface area contributed by atoms with Crippen LogP contribution in [-0.2, 0) is 19.6 Å². The molecule has 1 N–H and O–H groups in total. The Hall–Kier alpha value is -2.27. The van der Waals surface area contributed by atoms with Crippen molar-refractivity contribution in [2.45, 2.75) is 17.7 Å². The van der Waals surface area contributed by atoms with E-state index in [1.54, 1.807) is 25.4 Å². The monoisotopic (exact) mass is 454 g/mol. The normalized spacial score (nSPS) is 15.7. The van der Waals surface area contributed by atoms with E-state index >= 15 is 0 Å². The van der Waals surface area contributed by atoms with Gasteiger partial charge >= 0.3 is 0 Å². The van der Waals surface area contributed by atoms with E-state index in [2.05, 4.69) is 15.3 Å². The van der Waals surface area contributed by atoms with Crippen molar-refractivity contribution in [2.24, 2.45) is 5.92 Å². The van der Waals surface area contributed by atoms with Crippen LogP contribution in [0.15, 0.2) is 41.6 Å². The molecule has 3 heterocycles. The average molecular weight is 455 g/mol. The number of nitrogens with one attached hydrogen (secondary N) is 1. The summed E-state index contributed by atoms with van der Waals surface area (Å²) < 4.78 is 37.4. The third-order valence-corrected chi connectivity index (χ3v) is 7.07. The molecule has 1 saturated heterocycles. The Morgan fingerprint density at radius 2 is 1.90 bits per heavy atom. The molecule has 1 fully saturated rings. The van der Waals surface area contributed by atoms with Crippen LogP contribution >= 0.6 is 11.6 Å². The van der Waals surface area contributed by atoms with Crippen molar-refractivity contribution in [3.8, 4) is 5.88 Å². The number of halogens is 1. The number of methoxy groups -OCH3 is 1. The van der Waals surface area contributed by atoms with E-state index in [0.29, 0.717) is 37.6 Å². The maximum Gasteiger partial charge on any atom is 0.246 e. The van der Waals surface area contributed by atoms with E-state index < -0.39 is 10.0 Å². The number of carbonyl (C=O) groups is 1. The van der Waals surface area contributed by atoms with Gasteiger partial charge in [0.1, 0.15) is 22.3 Å². The molecule has 1 amide bonds. The van der Waals surface area contributed by atoms with Crippen LogP contribution in [0.1, 0.15) is 12.8 Å². The molecular formula is C19H23ClN4O5S. The molecule has 0 bridgehead atoms. The summed E-state index contributed by atoms with van der Waals surface area (Å²) in [5.41, 5.74) is 0.468. The zero-order chi connectivity index (χ0) is 21.6. The topological polar surface area (TPSA) is 111 Å². The second-order valence-electron chi connectivity index (χ2n) is 6.66. The fourth-order valence-corrected chi connectivity index (χ4v) is 5.02. The molecule has 11 heteroatoms. The number of sulfonamides is 1. The SMILES string of the molecule is COCCOc1ncccc1NC(=O)C1CCN(S(=O)(=O)c2cccnc2Cl)CC1. The number of hydrogen-bond acceptors (Lipinski definition) is 7. The molecule has 3 rings (SSSR count). The van der Waals surface area contributed by atoms with Gasteiger partial charge in [-0.2, -0.15) is 4.31 Å². The first kappa shape index (κ1) is 22.4. The molecule has 0 aliphatic carbocycles. The summed E-state index contributed by atoms with van der Waals surface area (Å²) in [6.07, 6.45) is 3.79. The molecule has 30 heavy (non-hydrogen) atoms. The van der Waals surface area contributed by atoms with Gasteiger partial charge in [0.25, 0.3) is 0 Å². The Labute approximate surface area is 180 Å². The summed E-state index contributed by atoms with van der Waals surface area (Å²) in [5.74, 6) is -0.210. The first-order chi connectivity index (χ1) is 14.4. The van der Waals surface area contributed by atoms with E-state index in [4.69, 9.17) is 21.1 Å². The van der Waals surface area contributed by atoms with Gasteiger partial charge in [0.15, 0.2) is 0 Å². The van der Waals surface area contributed by atoms with Gasteiger partial charge < -0.3 is 14.8 Å². The number of amides is 1. The minimum absolute atomic E-state index is 0.0252. The Morgan fingerprint density at radius 1 is 1.20 bits per heavy atom. The number of nitrogens with zero attached hydrogens (tertiary/aromatic N) is 3. The van der Waals surface area contributed by atoms with Crippen LogP contribution in [-0.4, -0.2) is 62.0 Å². The Balaban J connectivity index is 1.61. The molecule has 0 unspecified atom stereocenters. The van der Waals surface area contributed by atoms with Crippen LogP contribution in [0.25, 0.3) is 0 Å². The van der Waals surface area contributed by atoms with Crippen molar-refractivity contribution < 1.29 is 22.7 Å². The van der Waals surface area contributed by atoms with E-state index in [9.17, 15) is 13.2 Å². The Kier molecular flexibility index (Phi) is 7.59. The lowest BCUT2D eigenvalue weighted by molar-refractivity contribution is -0.120. The quantitative estimate of drug-likeness (QED) is 0.480. The van der Waals surface area contributed by atoms with Crippen molar-refractivity contribution in [2.75, 3.05) is 38.7 Å². The zero-order valence-corrected chi connectivity index (χ0v) is 18.0.